The van der Waals surface area contributed by atoms with Crippen LogP contribution in [0, 0.1) is 0 Å². The molecule has 0 aliphatic heterocycles. The maximum Gasteiger partial charge on any atom is 0.0361 e. The Balaban J connectivity index is 1.24. The van der Waals surface area contributed by atoms with Gasteiger partial charge in [-0.2, -0.15) is 0 Å². The van der Waals surface area contributed by atoms with Crippen LogP contribution in [0.3, 0.4) is 0 Å². The summed E-state index contributed by atoms with van der Waals surface area (Å²) in [6, 6.07) is 62.7. The molecular weight excluding hydrogens is 585 g/mol. The van der Waals surface area contributed by atoms with Gasteiger partial charge in [-0.1, -0.05) is 152 Å². The first-order valence-corrected chi connectivity index (χ1v) is 17.0. The van der Waals surface area contributed by atoms with Crippen molar-refractivity contribution in [3.63, 3.8) is 0 Å². The van der Waals surface area contributed by atoms with Gasteiger partial charge in [-0.25, -0.2) is 0 Å². The fourth-order valence-corrected chi connectivity index (χ4v) is 8.97. The molecule has 218 valence electrons. The van der Waals surface area contributed by atoms with Gasteiger partial charge in [0.25, 0.3) is 0 Å². The molecule has 0 aliphatic rings. The Hall–Kier alpha value is -5.76. The third-order valence-electron chi connectivity index (χ3n) is 9.85. The summed E-state index contributed by atoms with van der Waals surface area (Å²) in [7, 11) is 0. The van der Waals surface area contributed by atoms with Gasteiger partial charge >= 0.3 is 0 Å². The van der Waals surface area contributed by atoms with E-state index in [0.717, 1.165) is 0 Å². The van der Waals surface area contributed by atoms with E-state index in [2.05, 4.69) is 170 Å². The average molecular weight is 613 g/mol. The van der Waals surface area contributed by atoms with E-state index in [0.29, 0.717) is 0 Å². The quantitative estimate of drug-likeness (QED) is 0.174. The Bertz CT molecular complexity index is 2790. The molecule has 0 saturated carbocycles. The summed E-state index contributed by atoms with van der Waals surface area (Å²) in [5, 5.41) is 13.0. The highest BCUT2D eigenvalue weighted by Crippen LogP contribution is 2.46. The summed E-state index contributed by atoms with van der Waals surface area (Å²) in [4.78, 5) is 0. The third-order valence-corrected chi connectivity index (χ3v) is 11.0. The lowest BCUT2D eigenvalue weighted by atomic mass is 9.84. The molecule has 1 heteroatoms. The van der Waals surface area contributed by atoms with Gasteiger partial charge < -0.3 is 0 Å². The molecule has 0 spiro atoms. The molecule has 0 fully saturated rings. The second kappa shape index (κ2) is 10.4. The maximum atomic E-state index is 2.40. The zero-order valence-electron chi connectivity index (χ0n) is 25.6. The lowest BCUT2D eigenvalue weighted by Gasteiger charge is -2.19. The summed E-state index contributed by atoms with van der Waals surface area (Å²) in [6.45, 7) is 0. The smallest absolute Gasteiger partial charge is 0.0361 e. The van der Waals surface area contributed by atoms with E-state index in [9.17, 15) is 0 Å². The van der Waals surface area contributed by atoms with E-state index in [1.165, 1.54) is 96.6 Å². The van der Waals surface area contributed by atoms with Gasteiger partial charge in [0.2, 0.25) is 0 Å². The SMILES string of the molecule is c1cc(-c2c3ccccc3c(-c3cccc4ccccc34)c3ccccc23)cc(-c2cccc3c2ccc2sc4ccccc4c23)c1. The largest absolute Gasteiger partial charge is 0.135 e. The van der Waals surface area contributed by atoms with Gasteiger partial charge in [-0.3, -0.25) is 0 Å². The van der Waals surface area contributed by atoms with Crippen molar-refractivity contribution >= 4 is 74.6 Å². The Kier molecular flexibility index (Phi) is 5.85. The maximum absolute atomic E-state index is 2.40. The van der Waals surface area contributed by atoms with Crippen LogP contribution in [-0.2, 0) is 0 Å². The topological polar surface area (TPSA) is 0 Å². The van der Waals surface area contributed by atoms with Gasteiger partial charge in [0.15, 0.2) is 0 Å². The number of benzene rings is 9. The summed E-state index contributed by atoms with van der Waals surface area (Å²) in [5.41, 5.74) is 7.60. The van der Waals surface area contributed by atoms with Gasteiger partial charge in [0, 0.05) is 20.2 Å². The van der Waals surface area contributed by atoms with Crippen LogP contribution in [0.4, 0.5) is 0 Å². The normalized spacial score (nSPS) is 11.8. The summed E-state index contributed by atoms with van der Waals surface area (Å²) < 4.78 is 2.68. The number of hydrogen-bond donors (Lipinski definition) is 0. The molecule has 0 bridgehead atoms. The fraction of sp³-hybridized carbons (Fsp3) is 0. The van der Waals surface area contributed by atoms with Crippen LogP contribution in [0.5, 0.6) is 0 Å². The molecule has 0 radical (unpaired) electrons. The van der Waals surface area contributed by atoms with Crippen LogP contribution in [0.15, 0.2) is 170 Å². The molecule has 1 aromatic heterocycles. The van der Waals surface area contributed by atoms with E-state index < -0.39 is 0 Å². The van der Waals surface area contributed by atoms with Crippen molar-refractivity contribution in [2.75, 3.05) is 0 Å². The minimum absolute atomic E-state index is 1.23. The van der Waals surface area contributed by atoms with Crippen molar-refractivity contribution in [3.05, 3.63) is 170 Å². The van der Waals surface area contributed by atoms with Gasteiger partial charge in [-0.05, 0) is 94.7 Å². The molecule has 0 nitrogen and oxygen atoms in total. The summed E-state index contributed by atoms with van der Waals surface area (Å²) >= 11 is 1.88. The van der Waals surface area contributed by atoms with Gasteiger partial charge in [0.05, 0.1) is 0 Å². The van der Waals surface area contributed by atoms with Crippen molar-refractivity contribution in [3.8, 4) is 33.4 Å². The second-order valence-electron chi connectivity index (χ2n) is 12.4. The molecule has 9 aromatic carbocycles. The summed E-state index contributed by atoms with van der Waals surface area (Å²) in [6.07, 6.45) is 0. The monoisotopic (exact) mass is 612 g/mol. The molecule has 0 amide bonds. The van der Waals surface area contributed by atoms with Crippen molar-refractivity contribution < 1.29 is 0 Å². The highest BCUT2D eigenvalue weighted by molar-refractivity contribution is 7.26. The number of thiophene rings is 1. The molecule has 0 aliphatic carbocycles. The number of hydrogen-bond acceptors (Lipinski definition) is 1. The number of rotatable bonds is 3. The summed E-state index contributed by atoms with van der Waals surface area (Å²) in [5.74, 6) is 0. The van der Waals surface area contributed by atoms with Gasteiger partial charge in [0.1, 0.15) is 0 Å². The fourth-order valence-electron chi connectivity index (χ4n) is 7.85. The standard InChI is InChI=1S/C46H28S/c1-2-16-32-29(12-1)13-10-23-35(32)45-39-19-5-3-17-37(39)44(38-18-4-6-20-40(38)45)31-15-9-14-30(28-31)33-22-11-24-36-34(33)26-27-43-46(36)41-21-7-8-25-42(41)47-43/h1-28H. The molecule has 0 saturated heterocycles. The second-order valence-corrected chi connectivity index (χ2v) is 13.5. The van der Waals surface area contributed by atoms with E-state index in [4.69, 9.17) is 0 Å². The van der Waals surface area contributed by atoms with Crippen molar-refractivity contribution in [2.24, 2.45) is 0 Å². The highest BCUT2D eigenvalue weighted by atomic mass is 32.1. The van der Waals surface area contributed by atoms with E-state index in [1.54, 1.807) is 0 Å². The van der Waals surface area contributed by atoms with Crippen LogP contribution < -0.4 is 0 Å². The van der Waals surface area contributed by atoms with Crippen molar-refractivity contribution in [1.82, 2.24) is 0 Å². The van der Waals surface area contributed by atoms with Crippen LogP contribution in [0.2, 0.25) is 0 Å². The number of fused-ring (bicyclic) bond motifs is 8. The molecular formula is C46H28S. The minimum Gasteiger partial charge on any atom is -0.135 e. The first-order valence-electron chi connectivity index (χ1n) is 16.2. The Morgan fingerprint density at radius 3 is 1.64 bits per heavy atom. The zero-order chi connectivity index (χ0) is 30.9. The van der Waals surface area contributed by atoms with Gasteiger partial charge in [-0.15, -0.1) is 11.3 Å². The predicted molar refractivity (Wildman–Crippen MR) is 206 cm³/mol. The molecule has 47 heavy (non-hydrogen) atoms. The van der Waals surface area contributed by atoms with Crippen molar-refractivity contribution in [1.29, 1.82) is 0 Å². The van der Waals surface area contributed by atoms with Crippen LogP contribution in [0.1, 0.15) is 0 Å². The zero-order valence-corrected chi connectivity index (χ0v) is 26.4. The average Bonchev–Trinajstić information content (AvgIpc) is 3.53. The molecule has 10 aromatic rings. The van der Waals surface area contributed by atoms with Crippen LogP contribution in [-0.4, -0.2) is 0 Å². The molecule has 0 atom stereocenters. The lowest BCUT2D eigenvalue weighted by Crippen LogP contribution is -1.92. The third kappa shape index (κ3) is 4.00. The van der Waals surface area contributed by atoms with Crippen molar-refractivity contribution in [2.45, 2.75) is 0 Å². The Morgan fingerprint density at radius 2 is 0.851 bits per heavy atom. The van der Waals surface area contributed by atoms with Crippen LogP contribution in [0.25, 0.3) is 96.6 Å². The first-order chi connectivity index (χ1) is 23.3. The lowest BCUT2D eigenvalue weighted by molar-refractivity contribution is 1.64. The molecule has 0 unspecified atom stereocenters. The highest BCUT2D eigenvalue weighted by Gasteiger charge is 2.18. The van der Waals surface area contributed by atoms with Crippen LogP contribution >= 0.6 is 11.3 Å². The van der Waals surface area contributed by atoms with E-state index >= 15 is 0 Å². The molecule has 0 N–H and O–H groups in total. The first kappa shape index (κ1) is 26.5. The minimum atomic E-state index is 1.23. The Labute approximate surface area is 276 Å². The Morgan fingerprint density at radius 1 is 0.298 bits per heavy atom. The van der Waals surface area contributed by atoms with E-state index in [-0.39, 0.29) is 0 Å². The predicted octanol–water partition coefficient (Wildman–Crippen LogP) is 13.7. The molecule has 10 rings (SSSR count). The van der Waals surface area contributed by atoms with E-state index in [1.807, 2.05) is 11.3 Å². The molecule has 1 heterocycles.